The molecule has 0 aliphatic rings. The Morgan fingerprint density at radius 2 is 0.432 bits per heavy atom. The highest BCUT2D eigenvalue weighted by atomic mass is 32.1. The van der Waals surface area contributed by atoms with Crippen molar-refractivity contribution in [1.29, 1.82) is 0 Å². The topological polar surface area (TPSA) is 0 Å². The van der Waals surface area contributed by atoms with E-state index in [1.54, 1.807) is 0 Å². The fraction of sp³-hybridized carbons (Fsp3) is 0.972. The van der Waals surface area contributed by atoms with Crippen LogP contribution in [0.4, 0.5) is 0 Å². The summed E-state index contributed by atoms with van der Waals surface area (Å²) in [6.07, 6.45) is 47.2. The molecule has 1 heteroatoms. The lowest BCUT2D eigenvalue weighted by atomic mass is 10.0. The van der Waals surface area contributed by atoms with Crippen LogP contribution in [0, 0.1) is 0 Å². The highest BCUT2D eigenvalue weighted by Gasteiger charge is 2.00. The van der Waals surface area contributed by atoms with Gasteiger partial charge in [-0.2, -0.15) is 0 Å². The molecule has 0 saturated carbocycles. The van der Waals surface area contributed by atoms with E-state index in [4.69, 9.17) is 12.2 Å². The van der Waals surface area contributed by atoms with Crippen LogP contribution in [0.25, 0.3) is 0 Å². The van der Waals surface area contributed by atoms with Gasteiger partial charge in [0.05, 0.1) is 0 Å². The van der Waals surface area contributed by atoms with Crippen LogP contribution in [0.2, 0.25) is 0 Å². The third-order valence-electron chi connectivity index (χ3n) is 8.37. The summed E-state index contributed by atoms with van der Waals surface area (Å²) in [5, 5.41) is 0. The van der Waals surface area contributed by atoms with E-state index >= 15 is 0 Å². The van der Waals surface area contributed by atoms with Crippen molar-refractivity contribution < 1.29 is 0 Å². The first-order chi connectivity index (χ1) is 18.3. The highest BCUT2D eigenvalue weighted by Crippen LogP contribution is 2.16. The van der Waals surface area contributed by atoms with E-state index in [9.17, 15) is 0 Å². The van der Waals surface area contributed by atoms with Gasteiger partial charge in [-0.25, -0.2) is 0 Å². The molecule has 0 saturated heterocycles. The van der Waals surface area contributed by atoms with Gasteiger partial charge in [0.1, 0.15) is 0 Å². The summed E-state index contributed by atoms with van der Waals surface area (Å²) >= 11 is 5.66. The van der Waals surface area contributed by atoms with E-state index in [-0.39, 0.29) is 0 Å². The van der Waals surface area contributed by atoms with E-state index in [2.05, 4.69) is 13.8 Å². The molecule has 0 bridgehead atoms. The predicted molar refractivity (Wildman–Crippen MR) is 176 cm³/mol. The molecular formula is C36H72S. The molecule has 0 rings (SSSR count). The van der Waals surface area contributed by atoms with Crippen LogP contribution in [0.15, 0.2) is 0 Å². The van der Waals surface area contributed by atoms with Crippen molar-refractivity contribution in [3.05, 3.63) is 0 Å². The Morgan fingerprint density at radius 1 is 0.270 bits per heavy atom. The first-order valence-electron chi connectivity index (χ1n) is 17.8. The van der Waals surface area contributed by atoms with Crippen LogP contribution in [0.5, 0.6) is 0 Å². The molecule has 0 aliphatic heterocycles. The molecule has 0 fully saturated rings. The molecule has 0 nitrogen and oxygen atoms in total. The maximum absolute atomic E-state index is 5.66. The number of hydrogen-bond donors (Lipinski definition) is 0. The average molecular weight is 537 g/mol. The molecule has 0 aliphatic carbocycles. The van der Waals surface area contributed by atoms with Crippen molar-refractivity contribution in [2.75, 3.05) is 0 Å². The molecule has 222 valence electrons. The standard InChI is InChI=1S/C36H72S/c1-3-5-7-9-11-13-15-17-19-21-23-25-27-29-31-33-35-36(37)34-32-30-28-26-24-22-20-18-16-14-12-10-8-6-4-2/h3-35H2,1-2H3. The Hall–Kier alpha value is 0.0900. The van der Waals surface area contributed by atoms with E-state index in [1.165, 1.54) is 217 Å². The molecule has 0 spiro atoms. The van der Waals surface area contributed by atoms with Crippen molar-refractivity contribution in [3.63, 3.8) is 0 Å². The molecule has 37 heavy (non-hydrogen) atoms. The molecule has 0 amide bonds. The first-order valence-corrected chi connectivity index (χ1v) is 18.2. The number of rotatable bonds is 33. The number of hydrogen-bond acceptors (Lipinski definition) is 1. The number of thiocarbonyl (C=S) groups is 1. The molecule has 0 radical (unpaired) electrons. The molecule has 0 aromatic rings. The van der Waals surface area contributed by atoms with Gasteiger partial charge in [0.15, 0.2) is 0 Å². The van der Waals surface area contributed by atoms with E-state index in [1.807, 2.05) is 0 Å². The second kappa shape index (κ2) is 34.1. The lowest BCUT2D eigenvalue weighted by Crippen LogP contribution is -1.95. The Bertz CT molecular complexity index is 415. The zero-order valence-corrected chi connectivity index (χ0v) is 27.1. The molecule has 0 atom stereocenters. The minimum absolute atomic E-state index is 1.21. The third-order valence-corrected chi connectivity index (χ3v) is 8.78. The fourth-order valence-corrected chi connectivity index (χ4v) is 5.98. The van der Waals surface area contributed by atoms with Crippen molar-refractivity contribution in [2.24, 2.45) is 0 Å². The van der Waals surface area contributed by atoms with Gasteiger partial charge in [-0.05, 0) is 30.5 Å². The van der Waals surface area contributed by atoms with Crippen molar-refractivity contribution in [2.45, 2.75) is 226 Å². The second-order valence-electron chi connectivity index (χ2n) is 12.3. The van der Waals surface area contributed by atoms with Crippen LogP contribution in [-0.4, -0.2) is 4.86 Å². The smallest absolute Gasteiger partial charge is 0.00715 e. The van der Waals surface area contributed by atoms with Gasteiger partial charge in [0.25, 0.3) is 0 Å². The minimum Gasteiger partial charge on any atom is -0.0897 e. The highest BCUT2D eigenvalue weighted by molar-refractivity contribution is 7.80. The summed E-state index contributed by atoms with van der Waals surface area (Å²) in [7, 11) is 0. The largest absolute Gasteiger partial charge is 0.0897 e. The van der Waals surface area contributed by atoms with Gasteiger partial charge in [-0.15, -0.1) is 0 Å². The first kappa shape index (κ1) is 37.1. The molecule has 0 heterocycles. The summed E-state index contributed by atoms with van der Waals surface area (Å²) in [4.78, 5) is 1.36. The van der Waals surface area contributed by atoms with Crippen LogP contribution in [0.3, 0.4) is 0 Å². The van der Waals surface area contributed by atoms with Crippen molar-refractivity contribution >= 4 is 17.1 Å². The molecular weight excluding hydrogens is 464 g/mol. The summed E-state index contributed by atoms with van der Waals surface area (Å²) in [6, 6.07) is 0. The van der Waals surface area contributed by atoms with Gasteiger partial charge in [-0.1, -0.05) is 212 Å². The van der Waals surface area contributed by atoms with Crippen molar-refractivity contribution in [1.82, 2.24) is 0 Å². The third kappa shape index (κ3) is 34.1. The van der Waals surface area contributed by atoms with Gasteiger partial charge in [-0.3, -0.25) is 0 Å². The van der Waals surface area contributed by atoms with Crippen LogP contribution in [0.1, 0.15) is 226 Å². The maximum Gasteiger partial charge on any atom is -0.00715 e. The average Bonchev–Trinajstić information content (AvgIpc) is 2.90. The minimum atomic E-state index is 1.21. The Labute approximate surface area is 242 Å². The Morgan fingerprint density at radius 3 is 0.622 bits per heavy atom. The van der Waals surface area contributed by atoms with Gasteiger partial charge in [0.2, 0.25) is 0 Å². The zero-order valence-electron chi connectivity index (χ0n) is 26.2. The van der Waals surface area contributed by atoms with Gasteiger partial charge in [0, 0.05) is 0 Å². The van der Waals surface area contributed by atoms with Crippen LogP contribution >= 0.6 is 12.2 Å². The fourth-order valence-electron chi connectivity index (χ4n) is 5.69. The maximum atomic E-state index is 5.66. The lowest BCUT2D eigenvalue weighted by molar-refractivity contribution is 0.530. The van der Waals surface area contributed by atoms with Gasteiger partial charge >= 0.3 is 0 Å². The van der Waals surface area contributed by atoms with Gasteiger partial charge < -0.3 is 0 Å². The molecule has 0 aromatic carbocycles. The predicted octanol–water partition coefficient (Wildman–Crippen LogP) is 14.3. The molecule has 0 unspecified atom stereocenters. The summed E-state index contributed by atoms with van der Waals surface area (Å²) in [5.41, 5.74) is 0. The lowest BCUT2D eigenvalue weighted by Gasteiger charge is -2.06. The Kier molecular flexibility index (Phi) is 34.2. The summed E-state index contributed by atoms with van der Waals surface area (Å²) in [5.74, 6) is 0. The zero-order chi connectivity index (χ0) is 26.9. The van der Waals surface area contributed by atoms with Crippen molar-refractivity contribution in [3.8, 4) is 0 Å². The SMILES string of the molecule is CCCCCCCCCCCCCCCCCCC(=S)CCCCCCCCCCCCCCCCC. The Balaban J connectivity index is 3.14. The molecule has 0 aromatic heterocycles. The summed E-state index contributed by atoms with van der Waals surface area (Å²) in [6.45, 7) is 4.61. The molecule has 0 N–H and O–H groups in total. The quantitative estimate of drug-likeness (QED) is 0.0593. The second-order valence-corrected chi connectivity index (χ2v) is 12.9. The van der Waals surface area contributed by atoms with E-state index in [0.717, 1.165) is 0 Å². The summed E-state index contributed by atoms with van der Waals surface area (Å²) < 4.78 is 0. The number of unbranched alkanes of at least 4 members (excludes halogenated alkanes) is 29. The van der Waals surface area contributed by atoms with E-state index < -0.39 is 0 Å². The van der Waals surface area contributed by atoms with Crippen LogP contribution in [-0.2, 0) is 0 Å². The monoisotopic (exact) mass is 537 g/mol. The van der Waals surface area contributed by atoms with Crippen LogP contribution < -0.4 is 0 Å². The normalized spacial score (nSPS) is 11.4. The van der Waals surface area contributed by atoms with E-state index in [0.29, 0.717) is 0 Å².